The van der Waals surface area contributed by atoms with Crippen molar-refractivity contribution >= 4 is 5.69 Å². The van der Waals surface area contributed by atoms with Gasteiger partial charge in [-0.2, -0.15) is 0 Å². The quantitative estimate of drug-likeness (QED) is 0.900. The highest BCUT2D eigenvalue weighted by Gasteiger charge is 2.27. The number of anilines is 1. The van der Waals surface area contributed by atoms with E-state index in [1.54, 1.807) is 6.07 Å². The van der Waals surface area contributed by atoms with E-state index in [1.165, 1.54) is 11.6 Å². The van der Waals surface area contributed by atoms with Crippen LogP contribution in [0.4, 0.5) is 10.1 Å². The molecule has 20 heavy (non-hydrogen) atoms. The maximum absolute atomic E-state index is 14.0. The van der Waals surface area contributed by atoms with E-state index in [1.807, 2.05) is 30.3 Å². The number of benzene rings is 2. The van der Waals surface area contributed by atoms with Gasteiger partial charge in [-0.05, 0) is 24.6 Å². The Morgan fingerprint density at radius 2 is 1.75 bits per heavy atom. The minimum Gasteiger partial charge on any atom is -0.363 e. The summed E-state index contributed by atoms with van der Waals surface area (Å²) in [5.74, 6) is -0.145. The molecule has 2 atom stereocenters. The smallest absolute Gasteiger partial charge is 0.146 e. The van der Waals surface area contributed by atoms with Crippen LogP contribution in [0.5, 0.6) is 0 Å². The molecule has 0 spiro atoms. The van der Waals surface area contributed by atoms with Crippen LogP contribution in [-0.4, -0.2) is 19.1 Å². The molecule has 1 heterocycles. The molecule has 1 saturated heterocycles. The number of piperazine rings is 1. The van der Waals surface area contributed by atoms with E-state index >= 15 is 0 Å². The average molecular weight is 270 g/mol. The van der Waals surface area contributed by atoms with Gasteiger partial charge in [0.25, 0.3) is 0 Å². The average Bonchev–Trinajstić information content (AvgIpc) is 2.49. The van der Waals surface area contributed by atoms with Gasteiger partial charge in [0.05, 0.1) is 5.69 Å². The first-order chi connectivity index (χ1) is 9.75. The molecule has 0 aliphatic carbocycles. The zero-order valence-corrected chi connectivity index (χ0v) is 11.6. The van der Waals surface area contributed by atoms with Gasteiger partial charge in [-0.25, -0.2) is 4.39 Å². The summed E-state index contributed by atoms with van der Waals surface area (Å²) in [7, 11) is 0. The molecular formula is C17H19FN2. The van der Waals surface area contributed by atoms with E-state index in [2.05, 4.69) is 29.3 Å². The summed E-state index contributed by atoms with van der Waals surface area (Å²) >= 11 is 0. The third-order valence-corrected chi connectivity index (χ3v) is 3.93. The molecule has 1 aliphatic rings. The summed E-state index contributed by atoms with van der Waals surface area (Å²) in [6, 6.07) is 17.9. The zero-order chi connectivity index (χ0) is 13.9. The molecular weight excluding hydrogens is 251 g/mol. The lowest BCUT2D eigenvalue weighted by Crippen LogP contribution is -2.51. The molecule has 1 fully saturated rings. The first-order valence-corrected chi connectivity index (χ1v) is 7.05. The molecule has 2 aromatic carbocycles. The van der Waals surface area contributed by atoms with Gasteiger partial charge in [0, 0.05) is 25.2 Å². The SMILES string of the molecule is CC1CNC(c2ccccc2)CN1c1ccccc1F. The standard InChI is InChI=1S/C17H19FN2/c1-13-11-19-16(14-7-3-2-4-8-14)12-20(13)17-10-6-5-9-15(17)18/h2-10,13,16,19H,11-12H2,1H3. The highest BCUT2D eigenvalue weighted by atomic mass is 19.1. The highest BCUT2D eigenvalue weighted by molar-refractivity contribution is 5.49. The van der Waals surface area contributed by atoms with Crippen LogP contribution in [0.2, 0.25) is 0 Å². The van der Waals surface area contributed by atoms with Crippen LogP contribution >= 0.6 is 0 Å². The Morgan fingerprint density at radius 3 is 2.50 bits per heavy atom. The van der Waals surface area contributed by atoms with Crippen molar-refractivity contribution in [1.29, 1.82) is 0 Å². The van der Waals surface area contributed by atoms with Gasteiger partial charge >= 0.3 is 0 Å². The Balaban J connectivity index is 1.86. The zero-order valence-electron chi connectivity index (χ0n) is 11.6. The van der Waals surface area contributed by atoms with Crippen LogP contribution in [0.25, 0.3) is 0 Å². The molecule has 2 unspecified atom stereocenters. The fourth-order valence-corrected chi connectivity index (χ4v) is 2.79. The first-order valence-electron chi connectivity index (χ1n) is 7.05. The normalized spacial score (nSPS) is 22.8. The van der Waals surface area contributed by atoms with Gasteiger partial charge in [0.15, 0.2) is 0 Å². The van der Waals surface area contributed by atoms with Gasteiger partial charge in [0.2, 0.25) is 0 Å². The summed E-state index contributed by atoms with van der Waals surface area (Å²) in [6.45, 7) is 3.76. The Morgan fingerprint density at radius 1 is 1.05 bits per heavy atom. The van der Waals surface area contributed by atoms with Gasteiger partial charge < -0.3 is 10.2 Å². The molecule has 0 aromatic heterocycles. The molecule has 104 valence electrons. The van der Waals surface area contributed by atoms with Gasteiger partial charge in [0.1, 0.15) is 5.82 Å². The number of nitrogens with zero attached hydrogens (tertiary/aromatic N) is 1. The van der Waals surface area contributed by atoms with Crippen LogP contribution in [0, 0.1) is 5.82 Å². The van der Waals surface area contributed by atoms with Crippen LogP contribution in [0.1, 0.15) is 18.5 Å². The van der Waals surface area contributed by atoms with Crippen molar-refractivity contribution in [2.24, 2.45) is 0 Å². The molecule has 1 aliphatic heterocycles. The number of halogens is 1. The van der Waals surface area contributed by atoms with Crippen molar-refractivity contribution in [2.75, 3.05) is 18.0 Å². The van der Waals surface area contributed by atoms with Crippen molar-refractivity contribution in [2.45, 2.75) is 19.0 Å². The van der Waals surface area contributed by atoms with E-state index in [0.29, 0.717) is 5.69 Å². The largest absolute Gasteiger partial charge is 0.363 e. The topological polar surface area (TPSA) is 15.3 Å². The van der Waals surface area contributed by atoms with Gasteiger partial charge in [-0.15, -0.1) is 0 Å². The van der Waals surface area contributed by atoms with Crippen LogP contribution < -0.4 is 10.2 Å². The number of para-hydroxylation sites is 1. The van der Waals surface area contributed by atoms with Crippen molar-refractivity contribution < 1.29 is 4.39 Å². The van der Waals surface area contributed by atoms with E-state index in [-0.39, 0.29) is 17.9 Å². The molecule has 2 aromatic rings. The van der Waals surface area contributed by atoms with Crippen LogP contribution in [0.3, 0.4) is 0 Å². The predicted molar refractivity (Wildman–Crippen MR) is 80.4 cm³/mol. The number of nitrogens with one attached hydrogen (secondary N) is 1. The molecule has 1 N–H and O–H groups in total. The predicted octanol–water partition coefficient (Wildman–Crippen LogP) is 3.37. The fraction of sp³-hybridized carbons (Fsp3) is 0.294. The second-order valence-electron chi connectivity index (χ2n) is 5.32. The lowest BCUT2D eigenvalue weighted by molar-refractivity contribution is 0.410. The summed E-state index contributed by atoms with van der Waals surface area (Å²) < 4.78 is 14.0. The summed E-state index contributed by atoms with van der Waals surface area (Å²) in [5, 5.41) is 3.54. The molecule has 3 rings (SSSR count). The number of hydrogen-bond acceptors (Lipinski definition) is 2. The minimum absolute atomic E-state index is 0.145. The van der Waals surface area contributed by atoms with Crippen molar-refractivity contribution in [3.8, 4) is 0 Å². The van der Waals surface area contributed by atoms with Gasteiger partial charge in [-0.1, -0.05) is 42.5 Å². The van der Waals surface area contributed by atoms with Crippen LogP contribution in [-0.2, 0) is 0 Å². The van der Waals surface area contributed by atoms with Crippen LogP contribution in [0.15, 0.2) is 54.6 Å². The second kappa shape index (κ2) is 5.63. The molecule has 2 nitrogen and oxygen atoms in total. The highest BCUT2D eigenvalue weighted by Crippen LogP contribution is 2.27. The minimum atomic E-state index is -0.145. The molecule has 0 radical (unpaired) electrons. The fourth-order valence-electron chi connectivity index (χ4n) is 2.79. The Bertz CT molecular complexity index is 570. The number of rotatable bonds is 2. The molecule has 0 saturated carbocycles. The lowest BCUT2D eigenvalue weighted by atomic mass is 10.0. The van der Waals surface area contributed by atoms with Gasteiger partial charge in [-0.3, -0.25) is 0 Å². The van der Waals surface area contributed by atoms with Crippen molar-refractivity contribution in [3.63, 3.8) is 0 Å². The lowest BCUT2D eigenvalue weighted by Gasteiger charge is -2.40. The monoisotopic (exact) mass is 270 g/mol. The Hall–Kier alpha value is -1.87. The van der Waals surface area contributed by atoms with E-state index < -0.39 is 0 Å². The molecule has 3 heteroatoms. The van der Waals surface area contributed by atoms with Crippen molar-refractivity contribution in [1.82, 2.24) is 5.32 Å². The molecule has 0 bridgehead atoms. The number of hydrogen-bond donors (Lipinski definition) is 1. The van der Waals surface area contributed by atoms with E-state index in [4.69, 9.17) is 0 Å². The molecule has 0 amide bonds. The summed E-state index contributed by atoms with van der Waals surface area (Å²) in [5.41, 5.74) is 1.95. The van der Waals surface area contributed by atoms with E-state index in [0.717, 1.165) is 13.1 Å². The summed E-state index contributed by atoms with van der Waals surface area (Å²) in [4.78, 5) is 2.16. The third kappa shape index (κ3) is 2.54. The Labute approximate surface area is 119 Å². The second-order valence-corrected chi connectivity index (χ2v) is 5.32. The summed E-state index contributed by atoms with van der Waals surface area (Å²) in [6.07, 6.45) is 0. The maximum atomic E-state index is 14.0. The van der Waals surface area contributed by atoms with Crippen molar-refractivity contribution in [3.05, 3.63) is 66.0 Å². The Kier molecular flexibility index (Phi) is 3.70. The first kappa shape index (κ1) is 13.1. The maximum Gasteiger partial charge on any atom is 0.146 e. The third-order valence-electron chi connectivity index (χ3n) is 3.93. The van der Waals surface area contributed by atoms with E-state index in [9.17, 15) is 4.39 Å².